The molecular weight excluding hydrogens is 230 g/mol. The number of hydrogen-bond donors (Lipinski definition) is 1. The van der Waals surface area contributed by atoms with Crippen molar-refractivity contribution < 1.29 is 0 Å². The lowest BCUT2D eigenvalue weighted by Crippen LogP contribution is -1.92. The van der Waals surface area contributed by atoms with Gasteiger partial charge < -0.3 is 5.32 Å². The molecule has 0 unspecified atom stereocenters. The van der Waals surface area contributed by atoms with E-state index in [2.05, 4.69) is 31.4 Å². The Hall–Kier alpha value is -1.16. The van der Waals surface area contributed by atoms with E-state index >= 15 is 0 Å². The highest BCUT2D eigenvalue weighted by atomic mass is 79.9. The van der Waals surface area contributed by atoms with Gasteiger partial charge in [0.1, 0.15) is 0 Å². The van der Waals surface area contributed by atoms with Crippen LogP contribution in [0.15, 0.2) is 28.9 Å². The molecule has 1 aromatic heterocycles. The van der Waals surface area contributed by atoms with Crippen molar-refractivity contribution in [3.05, 3.63) is 28.9 Å². The molecule has 13 heavy (non-hydrogen) atoms. The van der Waals surface area contributed by atoms with Crippen LogP contribution in [0.4, 0.5) is 5.69 Å². The minimum atomic E-state index is 0.898. The minimum absolute atomic E-state index is 0.898. The van der Waals surface area contributed by atoms with Crippen LogP contribution in [0.5, 0.6) is 0 Å². The normalized spacial score (nSPS) is 10.3. The van der Waals surface area contributed by atoms with Crippen LogP contribution in [0, 0.1) is 0 Å². The van der Waals surface area contributed by atoms with E-state index in [1.54, 1.807) is 6.20 Å². The molecule has 1 aromatic carbocycles. The SMILES string of the molecule is CNc1cnnc2ccc(Br)cc12. The summed E-state index contributed by atoms with van der Waals surface area (Å²) in [4.78, 5) is 0. The second-order valence-corrected chi connectivity index (χ2v) is 3.59. The molecule has 2 aromatic rings. The molecule has 1 heterocycles. The molecule has 0 saturated heterocycles. The number of anilines is 1. The van der Waals surface area contributed by atoms with Crippen LogP contribution in [-0.2, 0) is 0 Å². The maximum Gasteiger partial charge on any atom is 0.0951 e. The van der Waals surface area contributed by atoms with Gasteiger partial charge in [-0.1, -0.05) is 15.9 Å². The van der Waals surface area contributed by atoms with E-state index in [1.165, 1.54) is 0 Å². The van der Waals surface area contributed by atoms with Gasteiger partial charge in [0.15, 0.2) is 0 Å². The summed E-state index contributed by atoms with van der Waals surface area (Å²) >= 11 is 3.42. The van der Waals surface area contributed by atoms with Crippen molar-refractivity contribution in [3.63, 3.8) is 0 Å². The first-order chi connectivity index (χ1) is 6.31. The summed E-state index contributed by atoms with van der Waals surface area (Å²) in [6.07, 6.45) is 1.72. The summed E-state index contributed by atoms with van der Waals surface area (Å²) in [7, 11) is 1.87. The highest BCUT2D eigenvalue weighted by Crippen LogP contribution is 2.23. The van der Waals surface area contributed by atoms with Crippen molar-refractivity contribution in [3.8, 4) is 0 Å². The minimum Gasteiger partial charge on any atom is -0.386 e. The summed E-state index contributed by atoms with van der Waals surface area (Å²) in [6, 6.07) is 5.92. The van der Waals surface area contributed by atoms with Crippen LogP contribution >= 0.6 is 15.9 Å². The Morgan fingerprint density at radius 1 is 1.38 bits per heavy atom. The van der Waals surface area contributed by atoms with Crippen LogP contribution in [0.1, 0.15) is 0 Å². The Balaban J connectivity index is 2.79. The summed E-state index contributed by atoms with van der Waals surface area (Å²) in [6.45, 7) is 0. The monoisotopic (exact) mass is 237 g/mol. The third kappa shape index (κ3) is 1.49. The molecule has 0 spiro atoms. The van der Waals surface area contributed by atoms with Crippen molar-refractivity contribution in [2.24, 2.45) is 0 Å². The van der Waals surface area contributed by atoms with E-state index in [1.807, 2.05) is 25.2 Å². The molecule has 66 valence electrons. The fraction of sp³-hybridized carbons (Fsp3) is 0.111. The number of fused-ring (bicyclic) bond motifs is 1. The number of aromatic nitrogens is 2. The lowest BCUT2D eigenvalue weighted by molar-refractivity contribution is 1.07. The second-order valence-electron chi connectivity index (χ2n) is 2.67. The molecule has 0 fully saturated rings. The Morgan fingerprint density at radius 3 is 3.00 bits per heavy atom. The summed E-state index contributed by atoms with van der Waals surface area (Å²) < 4.78 is 1.05. The van der Waals surface area contributed by atoms with Crippen LogP contribution < -0.4 is 5.32 Å². The zero-order valence-electron chi connectivity index (χ0n) is 7.08. The Kier molecular flexibility index (Phi) is 2.14. The molecule has 0 atom stereocenters. The van der Waals surface area contributed by atoms with Crippen LogP contribution in [-0.4, -0.2) is 17.2 Å². The molecular formula is C9H8BrN3. The Labute approximate surface area is 84.3 Å². The fourth-order valence-electron chi connectivity index (χ4n) is 1.23. The first-order valence-corrected chi connectivity index (χ1v) is 4.69. The van der Waals surface area contributed by atoms with Crippen molar-refractivity contribution in [1.82, 2.24) is 10.2 Å². The summed E-state index contributed by atoms with van der Waals surface area (Å²) in [5.41, 5.74) is 1.89. The average Bonchev–Trinajstić information content (AvgIpc) is 2.17. The molecule has 0 saturated carbocycles. The predicted molar refractivity (Wildman–Crippen MR) is 56.8 cm³/mol. The van der Waals surface area contributed by atoms with Crippen LogP contribution in [0.3, 0.4) is 0 Å². The maximum absolute atomic E-state index is 4.02. The highest BCUT2D eigenvalue weighted by Gasteiger charge is 2.00. The predicted octanol–water partition coefficient (Wildman–Crippen LogP) is 2.43. The standard InChI is InChI=1S/C9H8BrN3/c1-11-9-5-12-13-8-3-2-6(10)4-7(8)9/h2-5H,1H3,(H,11,13). The van der Waals surface area contributed by atoms with Gasteiger partial charge in [-0.05, 0) is 18.2 Å². The molecule has 0 aliphatic carbocycles. The Morgan fingerprint density at radius 2 is 2.23 bits per heavy atom. The first kappa shape index (κ1) is 8.44. The van der Waals surface area contributed by atoms with Crippen LogP contribution in [0.25, 0.3) is 10.9 Å². The van der Waals surface area contributed by atoms with Gasteiger partial charge in [0.05, 0.1) is 17.4 Å². The maximum atomic E-state index is 4.02. The lowest BCUT2D eigenvalue weighted by atomic mass is 10.2. The number of nitrogens with one attached hydrogen (secondary N) is 1. The third-order valence-electron chi connectivity index (χ3n) is 1.87. The molecule has 2 rings (SSSR count). The van der Waals surface area contributed by atoms with E-state index in [0.717, 1.165) is 21.1 Å². The number of benzene rings is 1. The summed E-state index contributed by atoms with van der Waals surface area (Å²) in [5, 5.41) is 12.1. The third-order valence-corrected chi connectivity index (χ3v) is 2.36. The summed E-state index contributed by atoms with van der Waals surface area (Å²) in [5.74, 6) is 0. The van der Waals surface area contributed by atoms with Crippen LogP contribution in [0.2, 0.25) is 0 Å². The van der Waals surface area contributed by atoms with Crippen molar-refractivity contribution in [2.45, 2.75) is 0 Å². The van der Waals surface area contributed by atoms with E-state index in [9.17, 15) is 0 Å². The largest absolute Gasteiger partial charge is 0.386 e. The fourth-order valence-corrected chi connectivity index (χ4v) is 1.59. The highest BCUT2D eigenvalue weighted by molar-refractivity contribution is 9.10. The van der Waals surface area contributed by atoms with E-state index < -0.39 is 0 Å². The lowest BCUT2D eigenvalue weighted by Gasteiger charge is -2.03. The molecule has 0 amide bonds. The average molecular weight is 238 g/mol. The van der Waals surface area contributed by atoms with Gasteiger partial charge in [-0.3, -0.25) is 0 Å². The molecule has 3 nitrogen and oxygen atoms in total. The zero-order chi connectivity index (χ0) is 9.26. The topological polar surface area (TPSA) is 37.8 Å². The van der Waals surface area contributed by atoms with Crippen molar-refractivity contribution >= 4 is 32.5 Å². The van der Waals surface area contributed by atoms with E-state index in [-0.39, 0.29) is 0 Å². The van der Waals surface area contributed by atoms with Gasteiger partial charge in [-0.2, -0.15) is 10.2 Å². The zero-order valence-corrected chi connectivity index (χ0v) is 8.67. The first-order valence-electron chi connectivity index (χ1n) is 3.90. The van der Waals surface area contributed by atoms with Gasteiger partial charge in [-0.25, -0.2) is 0 Å². The van der Waals surface area contributed by atoms with Gasteiger partial charge >= 0.3 is 0 Å². The molecule has 0 radical (unpaired) electrons. The number of halogens is 1. The smallest absolute Gasteiger partial charge is 0.0951 e. The van der Waals surface area contributed by atoms with Gasteiger partial charge in [-0.15, -0.1) is 0 Å². The molecule has 0 aliphatic heterocycles. The number of rotatable bonds is 1. The molecule has 0 aliphatic rings. The second kappa shape index (κ2) is 3.30. The number of hydrogen-bond acceptors (Lipinski definition) is 3. The van der Waals surface area contributed by atoms with Gasteiger partial charge in [0.2, 0.25) is 0 Å². The van der Waals surface area contributed by atoms with E-state index in [4.69, 9.17) is 0 Å². The van der Waals surface area contributed by atoms with Gasteiger partial charge in [0, 0.05) is 16.9 Å². The number of nitrogens with zero attached hydrogens (tertiary/aromatic N) is 2. The molecule has 0 bridgehead atoms. The van der Waals surface area contributed by atoms with Crippen molar-refractivity contribution in [2.75, 3.05) is 12.4 Å². The molecule has 4 heteroatoms. The molecule has 1 N–H and O–H groups in total. The van der Waals surface area contributed by atoms with Crippen molar-refractivity contribution in [1.29, 1.82) is 0 Å². The van der Waals surface area contributed by atoms with E-state index in [0.29, 0.717) is 0 Å². The van der Waals surface area contributed by atoms with Gasteiger partial charge in [0.25, 0.3) is 0 Å². The quantitative estimate of drug-likeness (QED) is 0.829. The Bertz CT molecular complexity index is 442.